The average Bonchev–Trinajstić information content (AvgIpc) is 3.42. The van der Waals surface area contributed by atoms with Crippen LogP contribution < -0.4 is 15.7 Å². The molecular formula is C34H35FN3O8PS. The number of nitrogens with one attached hydrogen (secondary N) is 1. The number of methoxy groups -OCH3 is 1. The number of hydrogen-bond donors (Lipinski definition) is 2. The second-order valence-electron chi connectivity index (χ2n) is 11.5. The Morgan fingerprint density at radius 1 is 1.08 bits per heavy atom. The first kappa shape index (κ1) is 33.9. The van der Waals surface area contributed by atoms with Gasteiger partial charge in [0.2, 0.25) is 0 Å². The summed E-state index contributed by atoms with van der Waals surface area (Å²) in [6.45, 7) is 1.17. The lowest BCUT2D eigenvalue weighted by molar-refractivity contribution is -0.141. The fraction of sp³-hybridized carbons (Fsp3) is 0.324. The van der Waals surface area contributed by atoms with E-state index in [0.29, 0.717) is 5.75 Å². The van der Waals surface area contributed by atoms with Crippen molar-refractivity contribution in [2.75, 3.05) is 25.6 Å². The Bertz CT molecular complexity index is 1790. The van der Waals surface area contributed by atoms with Gasteiger partial charge in [0.05, 0.1) is 31.5 Å². The number of alkyl halides is 1. The molecule has 2 aliphatic rings. The largest absolute Gasteiger partial charge is 0.497 e. The molecule has 2 N–H and O–H groups in total. The van der Waals surface area contributed by atoms with Crippen molar-refractivity contribution in [3.05, 3.63) is 124 Å². The number of benzene rings is 3. The molecule has 0 aliphatic carbocycles. The molecule has 0 amide bonds. The molecule has 0 spiro atoms. The van der Waals surface area contributed by atoms with Gasteiger partial charge in [0.1, 0.15) is 28.6 Å². The number of phosphoric ester groups is 1. The quantitative estimate of drug-likeness (QED) is 0.128. The summed E-state index contributed by atoms with van der Waals surface area (Å²) in [7, 11) is -2.53. The van der Waals surface area contributed by atoms with Gasteiger partial charge < -0.3 is 15.2 Å². The van der Waals surface area contributed by atoms with Crippen LogP contribution in [0.3, 0.4) is 0 Å². The highest BCUT2D eigenvalue weighted by Gasteiger charge is 2.54. The van der Waals surface area contributed by atoms with E-state index in [1.54, 1.807) is 13.2 Å². The number of fused-ring (bicyclic) bond motifs is 1. The molecule has 6 atom stereocenters. The van der Waals surface area contributed by atoms with Crippen LogP contribution in [0.5, 0.6) is 5.75 Å². The van der Waals surface area contributed by atoms with Crippen LogP contribution in [0.1, 0.15) is 35.4 Å². The number of hydrogen-bond acceptors (Lipinski definition) is 10. The van der Waals surface area contributed by atoms with Gasteiger partial charge in [-0.2, -0.15) is 4.98 Å². The Hall–Kier alpha value is -4.00. The van der Waals surface area contributed by atoms with Gasteiger partial charge in [-0.15, -0.1) is 11.8 Å². The molecule has 48 heavy (non-hydrogen) atoms. The number of rotatable bonds is 12. The number of aromatic nitrogens is 2. The van der Waals surface area contributed by atoms with E-state index in [1.165, 1.54) is 17.7 Å². The number of phosphoric acid groups is 1. The minimum Gasteiger partial charge on any atom is -0.497 e. The second kappa shape index (κ2) is 14.2. The highest BCUT2D eigenvalue weighted by molar-refractivity contribution is 8.00. The first-order valence-corrected chi connectivity index (χ1v) is 17.8. The van der Waals surface area contributed by atoms with Gasteiger partial charge in [0, 0.05) is 6.20 Å². The predicted molar refractivity (Wildman–Crippen MR) is 179 cm³/mol. The number of aliphatic carboxylic acids is 1. The molecule has 2 aliphatic heterocycles. The van der Waals surface area contributed by atoms with Crippen LogP contribution in [0.4, 0.5) is 10.2 Å². The fourth-order valence-electron chi connectivity index (χ4n) is 5.86. The standard InChI is InChI=1S/C34H35FN3O8PS/c1-22(32(39)40)18-20-44-47(42)45-21-27-30(46-47)29(35)31(48-27)38-19-17-28(36-33(38)41)37-34(23-9-5-3-6-10-23,24-11-7-4-8-12-24)25-13-15-26(43-2)16-14-25/h3-17,19,22,27,29-31H,18,20-21H2,1-2H3,(H,39,40)(H,36,37,41)/t22-,27-,29+,30-,31-,47?/m1/s1. The number of carbonyl (C=O) groups is 1. The summed E-state index contributed by atoms with van der Waals surface area (Å²) < 4.78 is 51.7. The van der Waals surface area contributed by atoms with Crippen LogP contribution in [0, 0.1) is 5.92 Å². The zero-order valence-corrected chi connectivity index (χ0v) is 27.9. The summed E-state index contributed by atoms with van der Waals surface area (Å²) in [5.41, 5.74) is 0.994. The molecule has 0 saturated carbocycles. The van der Waals surface area contributed by atoms with E-state index >= 15 is 4.39 Å². The molecular weight excluding hydrogens is 660 g/mol. The van der Waals surface area contributed by atoms with E-state index in [2.05, 4.69) is 10.3 Å². The average molecular weight is 696 g/mol. The first-order chi connectivity index (χ1) is 23.1. The van der Waals surface area contributed by atoms with Gasteiger partial charge in [-0.25, -0.2) is 13.8 Å². The fourth-order valence-corrected chi connectivity index (χ4v) is 8.93. The van der Waals surface area contributed by atoms with Crippen molar-refractivity contribution in [2.45, 2.75) is 41.8 Å². The van der Waals surface area contributed by atoms with Crippen molar-refractivity contribution in [1.82, 2.24) is 9.55 Å². The second-order valence-corrected chi connectivity index (χ2v) is 14.5. The van der Waals surface area contributed by atoms with Crippen LogP contribution in [0.25, 0.3) is 0 Å². The van der Waals surface area contributed by atoms with E-state index in [4.69, 9.17) is 23.4 Å². The molecule has 3 heterocycles. The monoisotopic (exact) mass is 695 g/mol. The summed E-state index contributed by atoms with van der Waals surface area (Å²) in [6, 6.07) is 28.8. The molecule has 0 bridgehead atoms. The van der Waals surface area contributed by atoms with E-state index in [-0.39, 0.29) is 25.5 Å². The van der Waals surface area contributed by atoms with Crippen LogP contribution in [-0.4, -0.2) is 58.5 Å². The van der Waals surface area contributed by atoms with Crippen LogP contribution in [0.15, 0.2) is 102 Å². The van der Waals surface area contributed by atoms with Crippen molar-refractivity contribution < 1.29 is 37.2 Å². The molecule has 252 valence electrons. The molecule has 14 heteroatoms. The third-order valence-electron chi connectivity index (χ3n) is 8.49. The van der Waals surface area contributed by atoms with Gasteiger partial charge in [0.25, 0.3) is 0 Å². The summed E-state index contributed by atoms with van der Waals surface area (Å²) in [6.07, 6.45) is -1.34. The molecule has 2 fully saturated rings. The highest BCUT2D eigenvalue weighted by atomic mass is 32.2. The minimum absolute atomic E-state index is 0.0757. The number of carboxylic acids is 1. The summed E-state index contributed by atoms with van der Waals surface area (Å²) in [5, 5.41) is 11.0. The number of thioether (sulfide) groups is 1. The SMILES string of the molecule is COc1ccc(C(Nc2ccn([C@@H]3S[C@@H]4COP(=O)(OCC[C@@H](C)C(=O)O)O[C@H]4[C@@H]3F)c(=O)n2)(c2ccccc2)c2ccccc2)cc1. The van der Waals surface area contributed by atoms with Gasteiger partial charge >= 0.3 is 19.5 Å². The molecule has 1 aromatic heterocycles. The lowest BCUT2D eigenvalue weighted by Gasteiger charge is -2.37. The molecule has 4 aromatic rings. The van der Waals surface area contributed by atoms with Gasteiger partial charge in [0.15, 0.2) is 6.17 Å². The predicted octanol–water partition coefficient (Wildman–Crippen LogP) is 6.26. The minimum atomic E-state index is -4.13. The molecule has 3 aromatic carbocycles. The van der Waals surface area contributed by atoms with Gasteiger partial charge in [-0.1, -0.05) is 79.7 Å². The third-order valence-corrected chi connectivity index (χ3v) is 11.5. The molecule has 2 saturated heterocycles. The van der Waals surface area contributed by atoms with Crippen LogP contribution >= 0.6 is 19.6 Å². The zero-order chi connectivity index (χ0) is 33.9. The third kappa shape index (κ3) is 6.79. The Morgan fingerprint density at radius 3 is 2.29 bits per heavy atom. The zero-order valence-electron chi connectivity index (χ0n) is 26.2. The van der Waals surface area contributed by atoms with E-state index in [9.17, 15) is 14.2 Å². The van der Waals surface area contributed by atoms with E-state index in [1.807, 2.05) is 84.9 Å². The molecule has 6 rings (SSSR count). The van der Waals surface area contributed by atoms with Crippen molar-refractivity contribution in [2.24, 2.45) is 5.92 Å². The van der Waals surface area contributed by atoms with Crippen LogP contribution in [0.2, 0.25) is 0 Å². The van der Waals surface area contributed by atoms with Crippen molar-refractivity contribution in [1.29, 1.82) is 0 Å². The van der Waals surface area contributed by atoms with Crippen molar-refractivity contribution >= 4 is 31.4 Å². The van der Waals surface area contributed by atoms with E-state index < -0.39 is 53.8 Å². The van der Waals surface area contributed by atoms with Crippen molar-refractivity contribution in [3.63, 3.8) is 0 Å². The highest BCUT2D eigenvalue weighted by Crippen LogP contribution is 2.60. The van der Waals surface area contributed by atoms with E-state index in [0.717, 1.165) is 28.5 Å². The van der Waals surface area contributed by atoms with Crippen molar-refractivity contribution in [3.8, 4) is 5.75 Å². The first-order valence-electron chi connectivity index (χ1n) is 15.4. The molecule has 11 nitrogen and oxygen atoms in total. The number of ether oxygens (including phenoxy) is 1. The molecule has 1 unspecified atom stereocenters. The summed E-state index contributed by atoms with van der Waals surface area (Å²) >= 11 is 1.13. The Balaban J connectivity index is 1.28. The smallest absolute Gasteiger partial charge is 0.475 e. The van der Waals surface area contributed by atoms with Gasteiger partial charge in [-0.05, 0) is 41.3 Å². The number of halogens is 1. The number of carboxylic acid groups (broad SMARTS) is 1. The maximum absolute atomic E-state index is 15.9. The number of anilines is 1. The Labute approximate surface area is 281 Å². The topological polar surface area (TPSA) is 138 Å². The molecule has 0 radical (unpaired) electrons. The lowest BCUT2D eigenvalue weighted by atomic mass is 9.77. The Kier molecular flexibility index (Phi) is 10.0. The maximum Gasteiger partial charge on any atom is 0.475 e. The lowest BCUT2D eigenvalue weighted by Crippen LogP contribution is -2.40. The summed E-state index contributed by atoms with van der Waals surface area (Å²) in [4.78, 5) is 29.0. The Morgan fingerprint density at radius 2 is 1.71 bits per heavy atom. The maximum atomic E-state index is 15.9. The normalized spacial score (nSPS) is 24.4. The van der Waals surface area contributed by atoms with Crippen LogP contribution in [-0.2, 0) is 28.5 Å². The summed E-state index contributed by atoms with van der Waals surface area (Å²) in [5.74, 6) is -0.792. The van der Waals surface area contributed by atoms with Gasteiger partial charge in [-0.3, -0.25) is 22.9 Å². The number of nitrogens with zero attached hydrogens (tertiary/aromatic N) is 2.